The first-order valence-electron chi connectivity index (χ1n) is 11.3. The van der Waals surface area contributed by atoms with Crippen LogP contribution in [0.15, 0.2) is 60.4 Å². The lowest BCUT2D eigenvalue weighted by atomic mass is 10.1. The van der Waals surface area contributed by atoms with Crippen LogP contribution >= 0.6 is 0 Å². The highest BCUT2D eigenvalue weighted by atomic mass is 16.5. The molecule has 4 rings (SSSR count). The maximum Gasteiger partial charge on any atom is 0.331 e. The molecule has 0 aromatic heterocycles. The van der Waals surface area contributed by atoms with Crippen LogP contribution in [0.25, 0.3) is 0 Å². The summed E-state index contributed by atoms with van der Waals surface area (Å²) in [5.74, 6) is 0.00865. The van der Waals surface area contributed by atoms with Crippen molar-refractivity contribution in [2.75, 3.05) is 25.0 Å². The van der Waals surface area contributed by atoms with Crippen molar-refractivity contribution >= 4 is 23.5 Å². The smallest absolute Gasteiger partial charge is 0.331 e. The molecule has 9 nitrogen and oxygen atoms in total. The van der Waals surface area contributed by atoms with Gasteiger partial charge in [0.15, 0.2) is 0 Å². The number of hydrogen-bond acceptors (Lipinski definition) is 6. The van der Waals surface area contributed by atoms with Gasteiger partial charge in [-0.1, -0.05) is 29.8 Å². The van der Waals surface area contributed by atoms with Gasteiger partial charge >= 0.3 is 6.03 Å². The van der Waals surface area contributed by atoms with E-state index in [0.717, 1.165) is 11.1 Å². The summed E-state index contributed by atoms with van der Waals surface area (Å²) in [7, 11) is 0. The fraction of sp³-hybridized carbons (Fsp3) is 0.320. The molecule has 2 aromatic rings. The molecule has 0 spiro atoms. The van der Waals surface area contributed by atoms with Gasteiger partial charge in [-0.3, -0.25) is 19.4 Å². The van der Waals surface area contributed by atoms with Crippen LogP contribution in [0.3, 0.4) is 0 Å². The van der Waals surface area contributed by atoms with Crippen molar-refractivity contribution in [1.82, 2.24) is 20.2 Å². The summed E-state index contributed by atoms with van der Waals surface area (Å²) in [6, 6.07) is 13.4. The highest BCUT2D eigenvalue weighted by Gasteiger charge is 2.46. The van der Waals surface area contributed by atoms with E-state index in [4.69, 9.17) is 4.74 Å². The van der Waals surface area contributed by atoms with Crippen molar-refractivity contribution in [3.05, 3.63) is 71.6 Å². The number of rotatable bonds is 8. The Morgan fingerprint density at radius 3 is 2.38 bits per heavy atom. The molecule has 1 fully saturated rings. The molecular weight excluding hydrogens is 434 g/mol. The summed E-state index contributed by atoms with van der Waals surface area (Å²) in [5, 5.41) is 4.56. The Bertz CT molecular complexity index is 1100. The lowest BCUT2D eigenvalue weighted by Gasteiger charge is -2.37. The molecule has 9 heteroatoms. The Hall–Kier alpha value is -3.85. The van der Waals surface area contributed by atoms with E-state index in [1.165, 1.54) is 9.80 Å². The van der Waals surface area contributed by atoms with Gasteiger partial charge in [0.25, 0.3) is 5.91 Å². The zero-order valence-electron chi connectivity index (χ0n) is 19.6. The molecular formula is C25H29N5O4. The van der Waals surface area contributed by atoms with Gasteiger partial charge in [0.2, 0.25) is 5.91 Å². The van der Waals surface area contributed by atoms with Crippen molar-refractivity contribution in [2.45, 2.75) is 33.4 Å². The number of fused-ring (bicyclic) bond motifs is 1. The normalized spacial score (nSPS) is 17.6. The summed E-state index contributed by atoms with van der Waals surface area (Å²) >= 11 is 0. The summed E-state index contributed by atoms with van der Waals surface area (Å²) in [6.45, 7) is 6.88. The second kappa shape index (κ2) is 9.96. The van der Waals surface area contributed by atoms with E-state index >= 15 is 0 Å². The minimum atomic E-state index is -0.721. The standard InChI is InChI=1S/C25H29N5O4/c1-4-28-15-21-23(27-28)24(32)30(14-18-8-6-17(3)7-9-18)25(33)29(21)16-22(31)26-19-10-12-20(13-11-19)34-5-2/h6-13,15,23,27H,4-5,14,16H2,1-3H3,(H,26,31). The molecule has 2 heterocycles. The van der Waals surface area contributed by atoms with Gasteiger partial charge in [-0.2, -0.15) is 0 Å². The Labute approximate surface area is 198 Å². The first kappa shape index (κ1) is 23.3. The van der Waals surface area contributed by atoms with E-state index in [1.807, 2.05) is 45.0 Å². The summed E-state index contributed by atoms with van der Waals surface area (Å²) in [5.41, 5.74) is 6.11. The number of ether oxygens (including phenoxy) is 1. The van der Waals surface area contributed by atoms with Gasteiger partial charge < -0.3 is 15.1 Å². The number of urea groups is 1. The van der Waals surface area contributed by atoms with Crippen LogP contribution in [0.4, 0.5) is 10.5 Å². The number of nitrogens with zero attached hydrogens (tertiary/aromatic N) is 3. The number of amides is 4. The number of aryl methyl sites for hydroxylation is 1. The van der Waals surface area contributed by atoms with E-state index in [0.29, 0.717) is 30.3 Å². The third kappa shape index (κ3) is 4.89. The summed E-state index contributed by atoms with van der Waals surface area (Å²) in [4.78, 5) is 42.0. The van der Waals surface area contributed by atoms with Crippen LogP contribution in [0, 0.1) is 6.92 Å². The Balaban J connectivity index is 1.53. The number of hydrazine groups is 1. The maximum absolute atomic E-state index is 13.4. The van der Waals surface area contributed by atoms with Crippen LogP contribution in [-0.4, -0.2) is 58.4 Å². The molecule has 2 aliphatic heterocycles. The number of nitrogens with one attached hydrogen (secondary N) is 2. The van der Waals surface area contributed by atoms with E-state index in [2.05, 4.69) is 10.7 Å². The highest BCUT2D eigenvalue weighted by Crippen LogP contribution is 2.27. The molecule has 178 valence electrons. The molecule has 34 heavy (non-hydrogen) atoms. The SMILES string of the molecule is CCOc1ccc(NC(=O)CN2C(=O)N(Cc3ccc(C)cc3)C(=O)C3NN(CC)C=C32)cc1. The number of hydrogen-bond donors (Lipinski definition) is 2. The topological polar surface area (TPSA) is 94.2 Å². The predicted molar refractivity (Wildman–Crippen MR) is 127 cm³/mol. The predicted octanol–water partition coefficient (Wildman–Crippen LogP) is 2.85. The molecule has 0 aliphatic carbocycles. The fourth-order valence-electron chi connectivity index (χ4n) is 3.93. The van der Waals surface area contributed by atoms with Gasteiger partial charge in [0, 0.05) is 18.4 Å². The second-order valence-corrected chi connectivity index (χ2v) is 8.19. The quantitative estimate of drug-likeness (QED) is 0.625. The van der Waals surface area contributed by atoms with Gasteiger partial charge in [-0.05, 0) is 50.6 Å². The molecule has 0 bridgehead atoms. The highest BCUT2D eigenvalue weighted by molar-refractivity contribution is 6.05. The van der Waals surface area contributed by atoms with Gasteiger partial charge in [-0.25, -0.2) is 10.2 Å². The number of carbonyl (C=O) groups is 3. The Kier molecular flexibility index (Phi) is 6.83. The minimum absolute atomic E-state index is 0.131. The van der Waals surface area contributed by atoms with Crippen LogP contribution < -0.4 is 15.5 Å². The third-order valence-electron chi connectivity index (χ3n) is 5.72. The number of benzene rings is 2. The third-order valence-corrected chi connectivity index (χ3v) is 5.72. The first-order chi connectivity index (χ1) is 16.4. The average Bonchev–Trinajstić information content (AvgIpc) is 3.27. The lowest BCUT2D eigenvalue weighted by Crippen LogP contribution is -2.61. The van der Waals surface area contributed by atoms with Crippen LogP contribution in [0.2, 0.25) is 0 Å². The first-order valence-corrected chi connectivity index (χ1v) is 11.3. The Morgan fingerprint density at radius 1 is 1.03 bits per heavy atom. The molecule has 1 unspecified atom stereocenters. The monoisotopic (exact) mass is 463 g/mol. The zero-order chi connectivity index (χ0) is 24.2. The van der Waals surface area contributed by atoms with Gasteiger partial charge in [0.05, 0.1) is 18.8 Å². The van der Waals surface area contributed by atoms with E-state index < -0.39 is 12.1 Å². The van der Waals surface area contributed by atoms with Crippen LogP contribution in [0.1, 0.15) is 25.0 Å². The summed E-state index contributed by atoms with van der Waals surface area (Å²) < 4.78 is 5.42. The molecule has 1 saturated heterocycles. The van der Waals surface area contributed by atoms with Crippen molar-refractivity contribution in [1.29, 1.82) is 0 Å². The van der Waals surface area contributed by atoms with E-state index in [9.17, 15) is 14.4 Å². The lowest BCUT2D eigenvalue weighted by molar-refractivity contribution is -0.133. The molecule has 2 N–H and O–H groups in total. The van der Waals surface area contributed by atoms with Gasteiger partial charge in [-0.15, -0.1) is 0 Å². The number of imide groups is 1. The molecule has 1 atom stereocenters. The molecule has 4 amide bonds. The summed E-state index contributed by atoms with van der Waals surface area (Å²) in [6.07, 6.45) is 1.72. The second-order valence-electron chi connectivity index (χ2n) is 8.19. The van der Waals surface area contributed by atoms with Gasteiger partial charge in [0.1, 0.15) is 18.3 Å². The number of anilines is 1. The van der Waals surface area contributed by atoms with Crippen LogP contribution in [-0.2, 0) is 16.1 Å². The number of carbonyl (C=O) groups excluding carboxylic acids is 3. The van der Waals surface area contributed by atoms with Crippen molar-refractivity contribution in [3.8, 4) is 5.75 Å². The van der Waals surface area contributed by atoms with Crippen LogP contribution in [0.5, 0.6) is 5.75 Å². The zero-order valence-corrected chi connectivity index (χ0v) is 19.6. The van der Waals surface area contributed by atoms with Crippen molar-refractivity contribution in [2.24, 2.45) is 0 Å². The molecule has 2 aromatic carbocycles. The molecule has 0 radical (unpaired) electrons. The Morgan fingerprint density at radius 2 is 1.74 bits per heavy atom. The maximum atomic E-state index is 13.4. The molecule has 0 saturated carbocycles. The van der Waals surface area contributed by atoms with E-state index in [-0.39, 0.29) is 24.9 Å². The average molecular weight is 464 g/mol. The molecule has 2 aliphatic rings. The largest absolute Gasteiger partial charge is 0.494 e. The van der Waals surface area contributed by atoms with E-state index in [1.54, 1.807) is 35.5 Å². The fourth-order valence-corrected chi connectivity index (χ4v) is 3.93. The minimum Gasteiger partial charge on any atom is -0.494 e. The van der Waals surface area contributed by atoms with Crippen molar-refractivity contribution in [3.63, 3.8) is 0 Å². The van der Waals surface area contributed by atoms with Crippen molar-refractivity contribution < 1.29 is 19.1 Å².